The van der Waals surface area contributed by atoms with Crippen LogP contribution in [0.25, 0.3) is 0 Å². The molecule has 0 aliphatic heterocycles. The van der Waals surface area contributed by atoms with Gasteiger partial charge in [0.15, 0.2) is 0 Å². The summed E-state index contributed by atoms with van der Waals surface area (Å²) in [6, 6.07) is 8.00. The van der Waals surface area contributed by atoms with E-state index in [2.05, 4.69) is 17.4 Å². The summed E-state index contributed by atoms with van der Waals surface area (Å²) in [5, 5.41) is 12.6. The quantitative estimate of drug-likeness (QED) is 0.0489. The minimum atomic E-state index is -3.91. The lowest BCUT2D eigenvalue weighted by molar-refractivity contribution is -0.870. The number of likely N-dealkylation sites (N-methyl/N-ethyl adjacent to an activating group) is 1. The minimum absolute atomic E-state index is 0.216. The fourth-order valence-corrected chi connectivity index (χ4v) is 5.68. The van der Waals surface area contributed by atoms with Crippen LogP contribution in [-0.2, 0) is 24.8 Å². The highest BCUT2D eigenvalue weighted by molar-refractivity contribution is 7.47. The number of carbonyl (C=O) groups excluding carboxylic acids is 1. The number of carbonyl (C=O) groups is 1. The van der Waals surface area contributed by atoms with Crippen molar-refractivity contribution < 1.29 is 32.9 Å². The van der Waals surface area contributed by atoms with E-state index < -0.39 is 13.9 Å². The molecule has 1 aromatic rings. The van der Waals surface area contributed by atoms with Crippen molar-refractivity contribution in [1.29, 1.82) is 0 Å². The van der Waals surface area contributed by atoms with E-state index in [1.165, 1.54) is 89.0 Å². The van der Waals surface area contributed by atoms with Crippen LogP contribution in [0.5, 0.6) is 0 Å². The summed E-state index contributed by atoms with van der Waals surface area (Å²) < 4.78 is 22.6. The van der Waals surface area contributed by atoms with E-state index in [0.717, 1.165) is 37.8 Å². The number of aliphatic hydroxyl groups is 1. The Balaban J connectivity index is 1.85. The van der Waals surface area contributed by atoms with Crippen molar-refractivity contribution >= 4 is 19.4 Å². The first-order valence-corrected chi connectivity index (χ1v) is 18.5. The summed E-state index contributed by atoms with van der Waals surface area (Å²) in [4.78, 5) is 21.6. The van der Waals surface area contributed by atoms with E-state index in [1.54, 1.807) is 0 Å². The number of rotatable bonds is 28. The Kier molecular flexibility index (Phi) is 22.2. The number of aryl methyl sites for hydroxylation is 1. The number of quaternary nitrogens is 1. The molecule has 1 aromatic carbocycles. The molecule has 0 aromatic heterocycles. The Bertz CT molecular complexity index is 875. The maximum atomic E-state index is 11.9. The van der Waals surface area contributed by atoms with Crippen molar-refractivity contribution in [3.63, 3.8) is 0 Å². The maximum absolute atomic E-state index is 11.9. The van der Waals surface area contributed by atoms with Crippen molar-refractivity contribution in [1.82, 2.24) is 0 Å². The summed E-state index contributed by atoms with van der Waals surface area (Å²) >= 11 is 0. The third kappa shape index (κ3) is 23.7. The molecular weight excluding hydrogens is 563 g/mol. The van der Waals surface area contributed by atoms with Gasteiger partial charge in [-0.15, -0.1) is 0 Å². The first kappa shape index (κ1) is 39.7. The molecule has 9 heteroatoms. The molecule has 8 nitrogen and oxygen atoms in total. The van der Waals surface area contributed by atoms with Crippen molar-refractivity contribution in [2.24, 2.45) is 0 Å². The molecule has 2 atom stereocenters. The van der Waals surface area contributed by atoms with Gasteiger partial charge in [0, 0.05) is 5.69 Å². The first-order chi connectivity index (χ1) is 20.5. The highest BCUT2D eigenvalue weighted by Crippen LogP contribution is 2.43. The van der Waals surface area contributed by atoms with Gasteiger partial charge in [0.2, 0.25) is 0 Å². The Labute approximate surface area is 263 Å². The van der Waals surface area contributed by atoms with Crippen LogP contribution >= 0.6 is 7.82 Å². The van der Waals surface area contributed by atoms with Crippen LogP contribution < -0.4 is 5.32 Å². The topological polar surface area (TPSA) is 105 Å². The van der Waals surface area contributed by atoms with E-state index in [4.69, 9.17) is 9.05 Å². The molecule has 0 bridgehead atoms. The van der Waals surface area contributed by atoms with E-state index in [0.29, 0.717) is 17.4 Å². The number of amides is 1. The van der Waals surface area contributed by atoms with Crippen molar-refractivity contribution in [3.8, 4) is 0 Å². The Morgan fingerprint density at radius 2 is 1.21 bits per heavy atom. The molecule has 0 aliphatic rings. The van der Waals surface area contributed by atoms with Crippen LogP contribution in [0.3, 0.4) is 0 Å². The number of phosphoric ester groups is 1. The van der Waals surface area contributed by atoms with E-state index >= 15 is 0 Å². The van der Waals surface area contributed by atoms with Gasteiger partial charge in [-0.3, -0.25) is 13.8 Å². The number of nitrogens with one attached hydrogen (secondary N) is 1. The molecule has 43 heavy (non-hydrogen) atoms. The van der Waals surface area contributed by atoms with Gasteiger partial charge >= 0.3 is 7.82 Å². The first-order valence-electron chi connectivity index (χ1n) is 17.0. The number of phosphoric acid groups is 1. The lowest BCUT2D eigenvalue weighted by Crippen LogP contribution is -2.37. The molecule has 2 unspecified atom stereocenters. The highest BCUT2D eigenvalue weighted by Gasteiger charge is 2.22. The van der Waals surface area contributed by atoms with Crippen LogP contribution in [0.15, 0.2) is 24.3 Å². The second-order valence-corrected chi connectivity index (χ2v) is 14.5. The average Bonchev–Trinajstić information content (AvgIpc) is 2.94. The number of nitrogens with zero attached hydrogens (tertiary/aromatic N) is 1. The fraction of sp³-hybridized carbons (Fsp3) is 0.794. The van der Waals surface area contributed by atoms with E-state index in [9.17, 15) is 19.4 Å². The molecule has 0 spiro atoms. The standard InChI is InChI=1S/C34H63N2O6P/c1-5-22-33(37)34(38)35-32-26-24-31(25-27-32)23-20-18-16-14-12-10-8-6-7-9-11-13-15-17-19-21-29-41-43(39,40)42-30-28-36(2,3)4/h24-27,33,37H,5-23,28-30H2,1-4H3,(H-,35,38,39,40)/p+1. The second kappa shape index (κ2) is 24.0. The van der Waals surface area contributed by atoms with Gasteiger partial charge < -0.3 is 19.8 Å². The molecule has 250 valence electrons. The number of hydrogen-bond donors (Lipinski definition) is 3. The van der Waals surface area contributed by atoms with Crippen LogP contribution in [-0.4, -0.2) is 67.4 Å². The molecule has 0 saturated heterocycles. The average molecular weight is 628 g/mol. The van der Waals surface area contributed by atoms with Gasteiger partial charge in [-0.2, -0.15) is 0 Å². The predicted molar refractivity (Wildman–Crippen MR) is 178 cm³/mol. The van der Waals surface area contributed by atoms with Gasteiger partial charge in [0.05, 0.1) is 27.7 Å². The Morgan fingerprint density at radius 1 is 0.767 bits per heavy atom. The lowest BCUT2D eigenvalue weighted by atomic mass is 10.0. The predicted octanol–water partition coefficient (Wildman–Crippen LogP) is 8.41. The molecule has 0 aliphatic carbocycles. The summed E-state index contributed by atoms with van der Waals surface area (Å²) in [5.74, 6) is -0.325. The highest BCUT2D eigenvalue weighted by atomic mass is 31.2. The number of hydrogen-bond acceptors (Lipinski definition) is 5. The number of benzene rings is 1. The van der Waals surface area contributed by atoms with Crippen LogP contribution in [0, 0.1) is 0 Å². The van der Waals surface area contributed by atoms with Crippen molar-refractivity contribution in [3.05, 3.63) is 29.8 Å². The van der Waals surface area contributed by atoms with Crippen molar-refractivity contribution in [2.45, 2.75) is 135 Å². The smallest absolute Gasteiger partial charge is 0.383 e. The van der Waals surface area contributed by atoms with Crippen molar-refractivity contribution in [2.75, 3.05) is 46.2 Å². The molecule has 0 saturated carbocycles. The molecule has 0 heterocycles. The van der Waals surface area contributed by atoms with Crippen LogP contribution in [0.2, 0.25) is 0 Å². The lowest BCUT2D eigenvalue weighted by Gasteiger charge is -2.24. The number of unbranched alkanes of at least 4 members (excludes halogenated alkanes) is 15. The van der Waals surface area contributed by atoms with E-state index in [-0.39, 0.29) is 19.1 Å². The summed E-state index contributed by atoms with van der Waals surface area (Å²) in [5.41, 5.74) is 2.04. The van der Waals surface area contributed by atoms with Crippen LogP contribution in [0.1, 0.15) is 128 Å². The molecule has 3 N–H and O–H groups in total. The van der Waals surface area contributed by atoms with Gasteiger partial charge in [0.25, 0.3) is 5.91 Å². The Morgan fingerprint density at radius 3 is 1.67 bits per heavy atom. The van der Waals surface area contributed by atoms with Crippen LogP contribution in [0.4, 0.5) is 5.69 Å². The maximum Gasteiger partial charge on any atom is 0.472 e. The number of aliphatic hydroxyl groups excluding tert-OH is 1. The normalized spacial score (nSPS) is 14.0. The van der Waals surface area contributed by atoms with Gasteiger partial charge in [0.1, 0.15) is 19.3 Å². The fourth-order valence-electron chi connectivity index (χ4n) is 4.94. The molecular formula is C34H64N2O6P+. The monoisotopic (exact) mass is 627 g/mol. The molecule has 1 rings (SSSR count). The molecule has 0 fully saturated rings. The largest absolute Gasteiger partial charge is 0.472 e. The summed E-state index contributed by atoms with van der Waals surface area (Å²) in [7, 11) is 2.12. The zero-order chi connectivity index (χ0) is 31.8. The molecule has 0 radical (unpaired) electrons. The van der Waals surface area contributed by atoms with Gasteiger partial charge in [-0.25, -0.2) is 4.57 Å². The van der Waals surface area contributed by atoms with E-state index in [1.807, 2.05) is 40.2 Å². The third-order valence-electron chi connectivity index (χ3n) is 7.72. The zero-order valence-electron chi connectivity index (χ0n) is 27.9. The molecule has 1 amide bonds. The number of anilines is 1. The van der Waals surface area contributed by atoms with Gasteiger partial charge in [-0.05, 0) is 43.4 Å². The van der Waals surface area contributed by atoms with Gasteiger partial charge in [-0.1, -0.05) is 115 Å². The minimum Gasteiger partial charge on any atom is -0.383 e. The summed E-state index contributed by atoms with van der Waals surface area (Å²) in [6.45, 7) is 3.11. The SMILES string of the molecule is CCCC(O)C(=O)Nc1ccc(CCCCCCCCCCCCCCCCCCOP(=O)(O)OCC[N+](C)(C)C)cc1. The second-order valence-electron chi connectivity index (χ2n) is 13.0. The Hall–Kier alpha value is -1.28. The third-order valence-corrected chi connectivity index (χ3v) is 8.73. The zero-order valence-corrected chi connectivity index (χ0v) is 28.8. The summed E-state index contributed by atoms with van der Waals surface area (Å²) in [6.07, 6.45) is 21.4.